The summed E-state index contributed by atoms with van der Waals surface area (Å²) in [7, 11) is 0. The van der Waals surface area contributed by atoms with Crippen molar-refractivity contribution in [2.75, 3.05) is 24.6 Å². The molecule has 1 N–H and O–H groups in total. The fourth-order valence-corrected chi connectivity index (χ4v) is 6.12. The van der Waals surface area contributed by atoms with Crippen molar-refractivity contribution in [3.63, 3.8) is 0 Å². The van der Waals surface area contributed by atoms with E-state index in [2.05, 4.69) is 42.8 Å². The quantitative estimate of drug-likeness (QED) is 0.0708. The second-order valence-electron chi connectivity index (χ2n) is 12.2. The molecule has 9 nitrogen and oxygen atoms in total. The van der Waals surface area contributed by atoms with Crippen molar-refractivity contribution in [1.29, 1.82) is 0 Å². The van der Waals surface area contributed by atoms with Crippen molar-refractivity contribution in [3.8, 4) is 5.75 Å². The van der Waals surface area contributed by atoms with Gasteiger partial charge in [0.15, 0.2) is 0 Å². The van der Waals surface area contributed by atoms with Gasteiger partial charge in [0, 0.05) is 41.9 Å². The lowest BCUT2D eigenvalue weighted by Crippen LogP contribution is -2.60. The minimum Gasteiger partial charge on any atom is -0.464 e. The van der Waals surface area contributed by atoms with Crippen LogP contribution in [-0.2, 0) is 19.7 Å². The summed E-state index contributed by atoms with van der Waals surface area (Å²) in [5.74, 6) is 0.310. The number of nitrogens with one attached hydrogen (secondary N) is 1. The van der Waals surface area contributed by atoms with Gasteiger partial charge in [0.1, 0.15) is 12.4 Å². The van der Waals surface area contributed by atoms with Crippen LogP contribution in [0.1, 0.15) is 89.7 Å². The number of esters is 1. The largest absolute Gasteiger partial charge is 0.464 e. The maximum absolute atomic E-state index is 12.6. The number of non-ortho nitro benzene ring substituents is 1. The highest BCUT2D eigenvalue weighted by molar-refractivity contribution is 5.92. The summed E-state index contributed by atoms with van der Waals surface area (Å²) < 4.78 is 12.4. The van der Waals surface area contributed by atoms with Gasteiger partial charge in [0.05, 0.1) is 16.9 Å². The summed E-state index contributed by atoms with van der Waals surface area (Å²) in [4.78, 5) is 37.1. The van der Waals surface area contributed by atoms with Gasteiger partial charge in [-0.3, -0.25) is 19.7 Å². The molecule has 2 aromatic rings. The molecule has 2 aromatic carbocycles. The number of unbranched alkanes of at least 4 members (excludes halogenated alkanes) is 7. The lowest BCUT2D eigenvalue weighted by molar-refractivity contribution is -0.384. The molecular formula is C35H45N3O6. The lowest BCUT2D eigenvalue weighted by Gasteiger charge is -2.47. The smallest absolute Gasteiger partial charge is 0.305 e. The van der Waals surface area contributed by atoms with Crippen LogP contribution in [0.25, 0.3) is 6.08 Å². The lowest BCUT2D eigenvalue weighted by atomic mass is 9.76. The van der Waals surface area contributed by atoms with E-state index in [0.29, 0.717) is 36.4 Å². The number of nitro groups is 1. The van der Waals surface area contributed by atoms with E-state index in [0.717, 1.165) is 62.6 Å². The topological polar surface area (TPSA) is 111 Å². The number of ether oxygens (including phenoxy) is 2. The maximum Gasteiger partial charge on any atom is 0.305 e. The van der Waals surface area contributed by atoms with E-state index in [1.54, 1.807) is 13.0 Å². The molecule has 0 bridgehead atoms. The molecule has 0 saturated carbocycles. The molecule has 2 heterocycles. The Labute approximate surface area is 260 Å². The SMILES string of the molecule is C=C(C)C(=O)NCCCCCCCCCCC(=O)OCCN1c2ccccc2C(C)(C)C12C=Cc1cc([N+](=O)[O-])ccc1O2. The zero-order valence-corrected chi connectivity index (χ0v) is 26.2. The van der Waals surface area contributed by atoms with Crippen LogP contribution >= 0.6 is 0 Å². The molecule has 1 spiro atoms. The third-order valence-electron chi connectivity index (χ3n) is 8.68. The molecule has 44 heavy (non-hydrogen) atoms. The van der Waals surface area contributed by atoms with E-state index in [1.165, 1.54) is 12.1 Å². The first kappa shape index (κ1) is 32.8. The zero-order chi connectivity index (χ0) is 31.7. The highest BCUT2D eigenvalue weighted by atomic mass is 16.6. The maximum atomic E-state index is 12.6. The van der Waals surface area contributed by atoms with E-state index < -0.39 is 16.1 Å². The van der Waals surface area contributed by atoms with Crippen molar-refractivity contribution in [2.24, 2.45) is 0 Å². The number of nitrogens with zero attached hydrogens (tertiary/aromatic N) is 2. The number of rotatable bonds is 16. The fourth-order valence-electron chi connectivity index (χ4n) is 6.12. The summed E-state index contributed by atoms with van der Waals surface area (Å²) in [6.45, 7) is 11.0. The second-order valence-corrected chi connectivity index (χ2v) is 12.2. The first-order chi connectivity index (χ1) is 21.1. The minimum absolute atomic E-state index is 0.0173. The van der Waals surface area contributed by atoms with Crippen LogP contribution in [0.15, 0.2) is 60.7 Å². The Morgan fingerprint density at radius 3 is 2.41 bits per heavy atom. The van der Waals surface area contributed by atoms with Gasteiger partial charge in [0.25, 0.3) is 5.69 Å². The second kappa shape index (κ2) is 14.6. The summed E-state index contributed by atoms with van der Waals surface area (Å²) in [6, 6.07) is 12.8. The van der Waals surface area contributed by atoms with Gasteiger partial charge >= 0.3 is 5.97 Å². The molecule has 2 aliphatic rings. The highest BCUT2D eigenvalue weighted by Crippen LogP contribution is 2.54. The Kier molecular flexibility index (Phi) is 10.8. The van der Waals surface area contributed by atoms with E-state index in [1.807, 2.05) is 24.3 Å². The number of fused-ring (bicyclic) bond motifs is 2. The van der Waals surface area contributed by atoms with Gasteiger partial charge in [0.2, 0.25) is 11.6 Å². The van der Waals surface area contributed by atoms with E-state index in [-0.39, 0.29) is 24.2 Å². The molecule has 0 aliphatic carbocycles. The first-order valence-electron chi connectivity index (χ1n) is 15.7. The van der Waals surface area contributed by atoms with Gasteiger partial charge in [-0.25, -0.2) is 0 Å². The number of anilines is 1. The number of hydrogen-bond donors (Lipinski definition) is 1. The standard InChI is InChI=1S/C35H45N3O6/c1-26(2)33(40)36-22-14-10-8-6-5-7-9-11-17-32(39)43-24-23-37-30-16-13-12-15-29(30)34(3,4)35(37)21-20-27-25-28(38(41)42)18-19-31(27)44-35/h12-13,15-16,18-21,25H,1,5-11,14,17,22-24H2,2-4H3,(H,36,40). The Bertz CT molecular complexity index is 1400. The summed E-state index contributed by atoms with van der Waals surface area (Å²) in [5, 5.41) is 14.1. The number of para-hydroxylation sites is 1. The zero-order valence-electron chi connectivity index (χ0n) is 26.2. The molecule has 4 rings (SSSR count). The molecule has 2 aliphatic heterocycles. The minimum atomic E-state index is -0.884. The molecule has 1 amide bonds. The monoisotopic (exact) mass is 603 g/mol. The van der Waals surface area contributed by atoms with Crippen molar-refractivity contribution in [2.45, 2.75) is 89.7 Å². The number of nitro benzene ring substituents is 1. The molecule has 0 radical (unpaired) electrons. The van der Waals surface area contributed by atoms with Crippen molar-refractivity contribution < 1.29 is 24.0 Å². The van der Waals surface area contributed by atoms with Crippen LogP contribution in [0.2, 0.25) is 0 Å². The number of benzene rings is 2. The fraction of sp³-hybridized carbons (Fsp3) is 0.486. The van der Waals surface area contributed by atoms with Crippen molar-refractivity contribution in [3.05, 3.63) is 81.9 Å². The van der Waals surface area contributed by atoms with E-state index in [4.69, 9.17) is 9.47 Å². The third-order valence-corrected chi connectivity index (χ3v) is 8.68. The van der Waals surface area contributed by atoms with Crippen LogP contribution in [0, 0.1) is 10.1 Å². The normalized spacial score (nSPS) is 17.5. The van der Waals surface area contributed by atoms with Gasteiger partial charge < -0.3 is 19.7 Å². The number of carbonyl (C=O) groups excluding carboxylic acids is 2. The van der Waals surface area contributed by atoms with Gasteiger partial charge in [-0.15, -0.1) is 0 Å². The number of amides is 1. The van der Waals surface area contributed by atoms with Crippen LogP contribution in [0.3, 0.4) is 0 Å². The van der Waals surface area contributed by atoms with Crippen molar-refractivity contribution in [1.82, 2.24) is 5.32 Å². The van der Waals surface area contributed by atoms with Crippen molar-refractivity contribution >= 4 is 29.3 Å². The molecule has 1 atom stereocenters. The Hall–Kier alpha value is -4.14. The summed E-state index contributed by atoms with van der Waals surface area (Å²) in [6.07, 6.45) is 12.7. The molecule has 0 aromatic heterocycles. The van der Waals surface area contributed by atoms with Gasteiger partial charge in [-0.1, -0.05) is 63.3 Å². The predicted octanol–water partition coefficient (Wildman–Crippen LogP) is 7.24. The Morgan fingerprint density at radius 2 is 1.70 bits per heavy atom. The van der Waals surface area contributed by atoms with Crippen LogP contribution in [0.4, 0.5) is 11.4 Å². The highest BCUT2D eigenvalue weighted by Gasteiger charge is 2.58. The van der Waals surface area contributed by atoms with Gasteiger partial charge in [-0.05, 0) is 63.5 Å². The number of hydrogen-bond acceptors (Lipinski definition) is 7. The van der Waals surface area contributed by atoms with E-state index in [9.17, 15) is 19.7 Å². The third kappa shape index (κ3) is 7.31. The van der Waals surface area contributed by atoms with Crippen LogP contribution < -0.4 is 15.0 Å². The molecule has 9 heteroatoms. The number of carbonyl (C=O) groups is 2. The summed E-state index contributed by atoms with van der Waals surface area (Å²) in [5.41, 5.74) is 2.02. The van der Waals surface area contributed by atoms with Crippen LogP contribution in [0.5, 0.6) is 5.75 Å². The average molecular weight is 604 g/mol. The average Bonchev–Trinajstić information content (AvgIpc) is 3.17. The summed E-state index contributed by atoms with van der Waals surface area (Å²) >= 11 is 0. The molecule has 0 saturated heterocycles. The Morgan fingerprint density at radius 1 is 1.02 bits per heavy atom. The molecule has 236 valence electrons. The van der Waals surface area contributed by atoms with Gasteiger partial charge in [-0.2, -0.15) is 0 Å². The first-order valence-corrected chi connectivity index (χ1v) is 15.7. The molecule has 1 unspecified atom stereocenters. The molecular weight excluding hydrogens is 558 g/mol. The van der Waals surface area contributed by atoms with Crippen LogP contribution in [-0.4, -0.2) is 42.2 Å². The molecule has 0 fully saturated rings. The van der Waals surface area contributed by atoms with E-state index >= 15 is 0 Å². The predicted molar refractivity (Wildman–Crippen MR) is 173 cm³/mol. The Balaban J connectivity index is 1.22.